The molecule has 0 spiro atoms. The summed E-state index contributed by atoms with van der Waals surface area (Å²) in [5.41, 5.74) is 1.17. The van der Waals surface area contributed by atoms with Gasteiger partial charge in [-0.25, -0.2) is 19.6 Å². The Morgan fingerprint density at radius 3 is 2.56 bits per heavy atom. The van der Waals surface area contributed by atoms with Gasteiger partial charge >= 0.3 is 0 Å². The van der Waals surface area contributed by atoms with Gasteiger partial charge in [0.1, 0.15) is 25.0 Å². The molecule has 0 N–H and O–H groups in total. The minimum atomic E-state index is 0.443. The summed E-state index contributed by atoms with van der Waals surface area (Å²) in [6.45, 7) is 3.58. The van der Waals surface area contributed by atoms with Crippen LogP contribution < -0.4 is 0 Å². The van der Waals surface area contributed by atoms with Crippen molar-refractivity contribution < 1.29 is 0 Å². The average Bonchev–Trinajstić information content (AvgIpc) is 3.34. The van der Waals surface area contributed by atoms with Crippen LogP contribution in [0.15, 0.2) is 30.2 Å². The third-order valence-corrected chi connectivity index (χ3v) is 5.57. The lowest BCUT2D eigenvalue weighted by molar-refractivity contribution is 0.200. The van der Waals surface area contributed by atoms with Crippen molar-refractivity contribution >= 4 is 11.8 Å². The minimum Gasteiger partial charge on any atom is -0.316 e. The molecule has 0 aliphatic carbocycles. The van der Waals surface area contributed by atoms with E-state index in [4.69, 9.17) is 0 Å². The van der Waals surface area contributed by atoms with Crippen molar-refractivity contribution in [3.8, 4) is 0 Å². The molecule has 0 bridgehead atoms. The lowest BCUT2D eigenvalue weighted by Gasteiger charge is -2.31. The van der Waals surface area contributed by atoms with Crippen molar-refractivity contribution in [2.45, 2.75) is 37.0 Å². The monoisotopic (exact) mass is 385 g/mol. The van der Waals surface area contributed by atoms with E-state index in [1.54, 1.807) is 22.8 Å². The molecule has 3 aromatic heterocycles. The molecular formula is C17H23N9S. The Labute approximate surface area is 162 Å². The van der Waals surface area contributed by atoms with Gasteiger partial charge < -0.3 is 4.57 Å². The van der Waals surface area contributed by atoms with Crippen LogP contribution in [0.2, 0.25) is 0 Å². The van der Waals surface area contributed by atoms with Gasteiger partial charge in [0.25, 0.3) is 0 Å². The van der Waals surface area contributed by atoms with Crippen molar-refractivity contribution in [1.29, 1.82) is 0 Å². The van der Waals surface area contributed by atoms with Gasteiger partial charge in [0.2, 0.25) is 0 Å². The summed E-state index contributed by atoms with van der Waals surface area (Å²) >= 11 is 1.57. The van der Waals surface area contributed by atoms with Crippen LogP contribution in [0.5, 0.6) is 0 Å². The number of nitrogens with zero attached hydrogens (tertiary/aromatic N) is 9. The lowest BCUT2D eigenvalue weighted by atomic mass is 9.95. The fraction of sp³-hybridized carbons (Fsp3) is 0.529. The summed E-state index contributed by atoms with van der Waals surface area (Å²) < 4.78 is 3.87. The van der Waals surface area contributed by atoms with Crippen molar-refractivity contribution in [3.63, 3.8) is 0 Å². The molecule has 1 aliphatic heterocycles. The van der Waals surface area contributed by atoms with E-state index in [1.807, 2.05) is 25.7 Å². The predicted octanol–water partition coefficient (Wildman–Crippen LogP) is 1.35. The SMILES string of the molecule is CSc1ncc(CN2CCC(c3nnc(Cn4cncn4)n3C)CC2)cn1. The Kier molecular flexibility index (Phi) is 5.44. The molecule has 0 atom stereocenters. The van der Waals surface area contributed by atoms with E-state index < -0.39 is 0 Å². The van der Waals surface area contributed by atoms with Gasteiger partial charge in [-0.05, 0) is 32.2 Å². The zero-order valence-corrected chi connectivity index (χ0v) is 16.4. The third kappa shape index (κ3) is 4.16. The smallest absolute Gasteiger partial charge is 0.187 e. The first-order valence-corrected chi connectivity index (χ1v) is 10.2. The van der Waals surface area contributed by atoms with Gasteiger partial charge in [-0.3, -0.25) is 4.90 Å². The molecule has 0 aromatic carbocycles. The highest BCUT2D eigenvalue weighted by Gasteiger charge is 2.25. The first-order valence-electron chi connectivity index (χ1n) is 9.00. The molecule has 1 fully saturated rings. The van der Waals surface area contributed by atoms with E-state index in [9.17, 15) is 0 Å². The Bertz CT molecular complexity index is 851. The van der Waals surface area contributed by atoms with Crippen molar-refractivity contribution in [2.75, 3.05) is 19.3 Å². The molecule has 4 heterocycles. The Hall–Kier alpha value is -2.33. The maximum atomic E-state index is 4.46. The number of hydrogen-bond acceptors (Lipinski definition) is 8. The fourth-order valence-corrected chi connectivity index (χ4v) is 3.78. The van der Waals surface area contributed by atoms with Gasteiger partial charge in [-0.15, -0.1) is 10.2 Å². The Morgan fingerprint density at radius 1 is 1.11 bits per heavy atom. The van der Waals surface area contributed by atoms with Gasteiger partial charge in [0.05, 0.1) is 0 Å². The Balaban J connectivity index is 1.34. The number of hydrogen-bond donors (Lipinski definition) is 0. The van der Waals surface area contributed by atoms with Crippen LogP contribution >= 0.6 is 11.8 Å². The van der Waals surface area contributed by atoms with E-state index in [0.717, 1.165) is 49.3 Å². The third-order valence-electron chi connectivity index (χ3n) is 4.99. The van der Waals surface area contributed by atoms with Gasteiger partial charge in [-0.1, -0.05) is 11.8 Å². The molecule has 9 nitrogen and oxygen atoms in total. The highest BCUT2D eigenvalue weighted by atomic mass is 32.2. The van der Waals surface area contributed by atoms with Crippen molar-refractivity contribution in [1.82, 2.24) is 44.4 Å². The zero-order valence-electron chi connectivity index (χ0n) is 15.6. The number of likely N-dealkylation sites (tertiary alicyclic amines) is 1. The quantitative estimate of drug-likeness (QED) is 0.464. The maximum absolute atomic E-state index is 4.46. The van der Waals surface area contributed by atoms with Crippen LogP contribution in [0, 0.1) is 0 Å². The number of piperidine rings is 1. The van der Waals surface area contributed by atoms with E-state index in [-0.39, 0.29) is 0 Å². The normalized spacial score (nSPS) is 16.1. The molecule has 3 aromatic rings. The predicted molar refractivity (Wildman–Crippen MR) is 101 cm³/mol. The van der Waals surface area contributed by atoms with E-state index in [2.05, 4.69) is 39.7 Å². The molecule has 0 unspecified atom stereocenters. The van der Waals surface area contributed by atoms with E-state index in [0.29, 0.717) is 12.5 Å². The van der Waals surface area contributed by atoms with Crippen LogP contribution in [0.25, 0.3) is 0 Å². The molecule has 142 valence electrons. The standard InChI is InChI=1S/C17H23N9S/c1-24-15(10-26-12-18-11-21-26)22-23-16(24)14-3-5-25(6-4-14)9-13-7-19-17(27-2)20-8-13/h7-8,11-12,14H,3-6,9-10H2,1-2H3. The van der Waals surface area contributed by atoms with Crippen LogP contribution in [0.1, 0.15) is 36.0 Å². The number of rotatable bonds is 6. The van der Waals surface area contributed by atoms with Crippen LogP contribution in [-0.2, 0) is 20.1 Å². The fourth-order valence-electron chi connectivity index (χ4n) is 3.47. The second-order valence-electron chi connectivity index (χ2n) is 6.75. The van der Waals surface area contributed by atoms with Gasteiger partial charge in [-0.2, -0.15) is 5.10 Å². The minimum absolute atomic E-state index is 0.443. The number of aromatic nitrogens is 8. The maximum Gasteiger partial charge on any atom is 0.187 e. The summed E-state index contributed by atoms with van der Waals surface area (Å²) in [5, 5.41) is 13.8. The van der Waals surface area contributed by atoms with Crippen LogP contribution in [-0.4, -0.2) is 63.7 Å². The second-order valence-corrected chi connectivity index (χ2v) is 7.53. The molecule has 1 saturated heterocycles. The van der Waals surface area contributed by atoms with Gasteiger partial charge in [0.15, 0.2) is 11.0 Å². The molecule has 27 heavy (non-hydrogen) atoms. The van der Waals surface area contributed by atoms with Crippen molar-refractivity contribution in [2.24, 2.45) is 7.05 Å². The van der Waals surface area contributed by atoms with Crippen molar-refractivity contribution in [3.05, 3.63) is 42.3 Å². The largest absolute Gasteiger partial charge is 0.316 e. The van der Waals surface area contributed by atoms with Crippen LogP contribution in [0.3, 0.4) is 0 Å². The average molecular weight is 386 g/mol. The zero-order chi connectivity index (χ0) is 18.6. The first-order chi connectivity index (χ1) is 13.2. The molecular weight excluding hydrogens is 362 g/mol. The first kappa shape index (κ1) is 18.1. The topological polar surface area (TPSA) is 90.4 Å². The molecule has 10 heteroatoms. The summed E-state index contributed by atoms with van der Waals surface area (Å²) in [7, 11) is 2.04. The van der Waals surface area contributed by atoms with Gasteiger partial charge in [0, 0.05) is 37.5 Å². The molecule has 0 amide bonds. The highest BCUT2D eigenvalue weighted by Crippen LogP contribution is 2.27. The number of thioether (sulfide) groups is 1. The highest BCUT2D eigenvalue weighted by molar-refractivity contribution is 7.98. The van der Waals surface area contributed by atoms with E-state index >= 15 is 0 Å². The second kappa shape index (κ2) is 8.13. The lowest BCUT2D eigenvalue weighted by Crippen LogP contribution is -2.33. The molecule has 0 radical (unpaired) electrons. The molecule has 1 aliphatic rings. The molecule has 0 saturated carbocycles. The van der Waals surface area contributed by atoms with E-state index in [1.165, 1.54) is 11.9 Å². The molecule has 4 rings (SSSR count). The summed E-state index contributed by atoms with van der Waals surface area (Å²) in [4.78, 5) is 15.2. The summed E-state index contributed by atoms with van der Waals surface area (Å²) in [6, 6.07) is 0. The Morgan fingerprint density at radius 2 is 1.89 bits per heavy atom. The summed E-state index contributed by atoms with van der Waals surface area (Å²) in [5.74, 6) is 2.42. The summed E-state index contributed by atoms with van der Waals surface area (Å²) in [6.07, 6.45) is 11.3. The van der Waals surface area contributed by atoms with Crippen LogP contribution in [0.4, 0.5) is 0 Å².